The topological polar surface area (TPSA) is 126 Å². The molecule has 0 fully saturated rings. The van der Waals surface area contributed by atoms with E-state index in [1.807, 2.05) is 6.92 Å². The first-order valence-corrected chi connectivity index (χ1v) is 11.7. The lowest BCUT2D eigenvalue weighted by atomic mass is 10.2. The van der Waals surface area contributed by atoms with Gasteiger partial charge in [0.25, 0.3) is 5.56 Å². The maximum absolute atomic E-state index is 13.2. The van der Waals surface area contributed by atoms with Gasteiger partial charge in [0, 0.05) is 27.0 Å². The monoisotopic (exact) mass is 594 g/mol. The molecule has 1 aromatic heterocycles. The molecule has 0 bridgehead atoms. The molecule has 3 aromatic rings. The molecule has 178 valence electrons. The highest BCUT2D eigenvalue weighted by Crippen LogP contribution is 2.34. The quantitative estimate of drug-likeness (QED) is 0.161. The fourth-order valence-electron chi connectivity index (χ4n) is 3.17. The zero-order valence-electron chi connectivity index (χ0n) is 18.4. The van der Waals surface area contributed by atoms with Crippen molar-refractivity contribution in [3.63, 3.8) is 0 Å². The van der Waals surface area contributed by atoms with Gasteiger partial charge >= 0.3 is 11.7 Å². The summed E-state index contributed by atoms with van der Waals surface area (Å²) in [6, 6.07) is 7.98. The number of aromatic nitrogens is 2. The van der Waals surface area contributed by atoms with Gasteiger partial charge < -0.3 is 9.47 Å². The van der Waals surface area contributed by atoms with Gasteiger partial charge in [-0.15, -0.1) is 0 Å². The molecule has 2 aromatic carbocycles. The maximum Gasteiger partial charge on any atom is 0.346 e. The molecule has 0 N–H and O–H groups in total. The highest BCUT2D eigenvalue weighted by molar-refractivity contribution is 9.10. The predicted molar refractivity (Wildman–Crippen MR) is 134 cm³/mol. The molecule has 0 unspecified atom stereocenters. The van der Waals surface area contributed by atoms with Gasteiger partial charge in [-0.25, -0.2) is 9.78 Å². The van der Waals surface area contributed by atoms with Crippen molar-refractivity contribution in [2.45, 2.75) is 32.8 Å². The second-order valence-electron chi connectivity index (χ2n) is 7.18. The Morgan fingerprint density at radius 1 is 1.29 bits per heavy atom. The van der Waals surface area contributed by atoms with Crippen LogP contribution in [0.2, 0.25) is 0 Å². The zero-order valence-corrected chi connectivity index (χ0v) is 21.6. The number of hydrogen-bond acceptors (Lipinski definition) is 8. The van der Waals surface area contributed by atoms with Crippen molar-refractivity contribution in [1.29, 1.82) is 0 Å². The summed E-state index contributed by atoms with van der Waals surface area (Å²) >= 11 is 6.60. The fraction of sp³-hybridized carbons (Fsp3) is 0.273. The molecular formula is C22H20Br2N4O6. The van der Waals surface area contributed by atoms with Crippen LogP contribution in [-0.4, -0.2) is 40.0 Å². The van der Waals surface area contributed by atoms with Crippen LogP contribution < -0.4 is 10.3 Å². The Labute approximate surface area is 211 Å². The Kier molecular flexibility index (Phi) is 8.15. The Bertz CT molecular complexity index is 1360. The van der Waals surface area contributed by atoms with Gasteiger partial charge in [-0.3, -0.25) is 14.9 Å². The first-order valence-electron chi connectivity index (χ1n) is 10.1. The first-order chi connectivity index (χ1) is 16.2. The molecule has 12 heteroatoms. The summed E-state index contributed by atoms with van der Waals surface area (Å²) in [7, 11) is 1.19. The summed E-state index contributed by atoms with van der Waals surface area (Å²) in [5, 5.41) is 16.3. The molecule has 0 aliphatic rings. The number of halogens is 2. The van der Waals surface area contributed by atoms with E-state index >= 15 is 0 Å². The first kappa shape index (κ1) is 25.5. The molecule has 1 atom stereocenters. The number of ether oxygens (including phenoxy) is 2. The van der Waals surface area contributed by atoms with Gasteiger partial charge in [0.05, 0.1) is 29.2 Å². The van der Waals surface area contributed by atoms with Gasteiger partial charge in [0.2, 0.25) is 5.75 Å². The minimum atomic E-state index is -1.12. The number of benzene rings is 2. The summed E-state index contributed by atoms with van der Waals surface area (Å²) < 4.78 is 12.5. The van der Waals surface area contributed by atoms with Crippen molar-refractivity contribution < 1.29 is 19.2 Å². The van der Waals surface area contributed by atoms with Crippen LogP contribution in [0, 0.1) is 10.1 Å². The Morgan fingerprint density at radius 3 is 2.68 bits per heavy atom. The van der Waals surface area contributed by atoms with E-state index in [4.69, 9.17) is 4.74 Å². The molecule has 0 spiro atoms. The van der Waals surface area contributed by atoms with Crippen LogP contribution in [0.4, 0.5) is 5.69 Å². The summed E-state index contributed by atoms with van der Waals surface area (Å²) in [5.74, 6) is -0.448. The highest BCUT2D eigenvalue weighted by atomic mass is 79.9. The van der Waals surface area contributed by atoms with Gasteiger partial charge in [0.1, 0.15) is 5.82 Å². The number of esters is 1. The van der Waals surface area contributed by atoms with E-state index in [0.717, 1.165) is 6.42 Å². The van der Waals surface area contributed by atoms with Crippen LogP contribution in [0.3, 0.4) is 0 Å². The fourth-order valence-corrected chi connectivity index (χ4v) is 3.99. The molecule has 0 radical (unpaired) electrons. The van der Waals surface area contributed by atoms with E-state index < -0.39 is 17.0 Å². The summed E-state index contributed by atoms with van der Waals surface area (Å²) in [4.78, 5) is 40.7. The number of aryl methyl sites for hydroxylation is 1. The number of rotatable bonds is 8. The number of hydrogen-bond donors (Lipinski definition) is 0. The lowest BCUT2D eigenvalue weighted by Crippen LogP contribution is -2.26. The minimum Gasteiger partial charge on any atom is -0.471 e. The molecule has 0 saturated heterocycles. The molecule has 0 aliphatic carbocycles. The summed E-state index contributed by atoms with van der Waals surface area (Å²) in [5.41, 5.74) is -0.0493. The van der Waals surface area contributed by atoms with Crippen LogP contribution in [0.1, 0.15) is 31.7 Å². The molecule has 3 rings (SSSR count). The maximum atomic E-state index is 13.2. The van der Waals surface area contributed by atoms with Crippen LogP contribution >= 0.6 is 31.9 Å². The van der Waals surface area contributed by atoms with Gasteiger partial charge in [-0.05, 0) is 37.6 Å². The minimum absolute atomic E-state index is 0.181. The van der Waals surface area contributed by atoms with Crippen molar-refractivity contribution in [2.24, 2.45) is 5.10 Å². The molecule has 0 amide bonds. The average molecular weight is 596 g/mol. The normalized spacial score (nSPS) is 12.1. The lowest BCUT2D eigenvalue weighted by molar-refractivity contribution is -0.386. The van der Waals surface area contributed by atoms with Gasteiger partial charge in [0.15, 0.2) is 6.10 Å². The molecule has 1 heterocycles. The number of carbonyl (C=O) groups excluding carboxylic acids is 1. The third-order valence-corrected chi connectivity index (χ3v) is 5.70. The van der Waals surface area contributed by atoms with E-state index in [1.54, 1.807) is 18.2 Å². The number of carbonyl (C=O) groups is 1. The van der Waals surface area contributed by atoms with E-state index in [1.165, 1.54) is 37.1 Å². The second-order valence-corrected chi connectivity index (χ2v) is 9.02. The van der Waals surface area contributed by atoms with E-state index in [2.05, 4.69) is 46.7 Å². The van der Waals surface area contributed by atoms with Gasteiger partial charge in [-0.1, -0.05) is 38.8 Å². The van der Waals surface area contributed by atoms with E-state index in [9.17, 15) is 19.7 Å². The molecule has 0 aliphatic heterocycles. The summed E-state index contributed by atoms with van der Waals surface area (Å²) in [6.07, 6.45) is 1.36. The molecule has 10 nitrogen and oxygen atoms in total. The number of nitro benzene ring substituents is 1. The molecule has 34 heavy (non-hydrogen) atoms. The number of fused-ring (bicyclic) bond motifs is 1. The van der Waals surface area contributed by atoms with Crippen molar-refractivity contribution in [1.82, 2.24) is 9.66 Å². The predicted octanol–water partition coefficient (Wildman–Crippen LogP) is 4.60. The van der Waals surface area contributed by atoms with Crippen LogP contribution in [0.25, 0.3) is 10.9 Å². The molecular weight excluding hydrogens is 576 g/mol. The van der Waals surface area contributed by atoms with Crippen molar-refractivity contribution in [2.75, 3.05) is 7.11 Å². The summed E-state index contributed by atoms with van der Waals surface area (Å²) in [6.45, 7) is 3.36. The van der Waals surface area contributed by atoms with E-state index in [0.29, 0.717) is 32.1 Å². The Balaban J connectivity index is 2.19. The van der Waals surface area contributed by atoms with E-state index in [-0.39, 0.29) is 22.6 Å². The SMILES string of the molecule is CCCc1nc2ccc(Br)cc2c(=O)n1N=Cc1cc(Br)cc([N+](=O)[O-])c1O[C@H](C)C(=O)OC. The largest absolute Gasteiger partial charge is 0.471 e. The number of methoxy groups -OCH3 is 1. The van der Waals surface area contributed by atoms with Gasteiger partial charge in [-0.2, -0.15) is 9.78 Å². The lowest BCUT2D eigenvalue weighted by Gasteiger charge is -2.15. The second kappa shape index (κ2) is 10.9. The van der Waals surface area contributed by atoms with Crippen LogP contribution in [0.5, 0.6) is 5.75 Å². The molecule has 0 saturated carbocycles. The standard InChI is InChI=1S/C22H20Br2N4O6/c1-4-5-19-26-17-7-6-14(23)9-16(17)21(29)27(19)25-11-13-8-15(24)10-18(28(31)32)20(13)34-12(2)22(30)33-3/h6-12H,4-5H2,1-3H3/t12-/m1/s1. The third kappa shape index (κ3) is 5.50. The van der Waals surface area contributed by atoms with Crippen LogP contribution in [-0.2, 0) is 16.0 Å². The van der Waals surface area contributed by atoms with Crippen molar-refractivity contribution >= 4 is 60.6 Å². The van der Waals surface area contributed by atoms with Crippen molar-refractivity contribution in [3.05, 3.63) is 71.1 Å². The Morgan fingerprint density at radius 2 is 2.03 bits per heavy atom. The Hall–Kier alpha value is -3.12. The third-order valence-electron chi connectivity index (χ3n) is 4.75. The van der Waals surface area contributed by atoms with Crippen LogP contribution in [0.15, 0.2) is 49.2 Å². The average Bonchev–Trinajstić information content (AvgIpc) is 2.80. The number of nitrogens with zero attached hydrogens (tertiary/aromatic N) is 4. The number of nitro groups is 1. The zero-order chi connectivity index (χ0) is 25.0. The smallest absolute Gasteiger partial charge is 0.346 e. The highest BCUT2D eigenvalue weighted by Gasteiger charge is 2.25. The van der Waals surface area contributed by atoms with Crippen molar-refractivity contribution in [3.8, 4) is 5.75 Å².